The molecule has 1 heterocycles. The van der Waals surface area contributed by atoms with Gasteiger partial charge in [-0.3, -0.25) is 28.9 Å². The van der Waals surface area contributed by atoms with Crippen molar-refractivity contribution < 1.29 is 33.4 Å². The van der Waals surface area contributed by atoms with Crippen molar-refractivity contribution in [1.29, 1.82) is 0 Å². The van der Waals surface area contributed by atoms with Gasteiger partial charge in [0.15, 0.2) is 0 Å². The molecule has 14 heteroatoms. The van der Waals surface area contributed by atoms with Gasteiger partial charge in [0.25, 0.3) is 0 Å². The molecule has 0 saturated carbocycles. The third-order valence-corrected chi connectivity index (χ3v) is 12.5. The van der Waals surface area contributed by atoms with Crippen LogP contribution in [0.5, 0.6) is 0 Å². The fraction of sp³-hybridized carbons (Fsp3) is 0.646. The summed E-state index contributed by atoms with van der Waals surface area (Å²) in [4.78, 5) is 74.9. The fourth-order valence-corrected chi connectivity index (χ4v) is 8.95. The van der Waals surface area contributed by atoms with Gasteiger partial charge in [0, 0.05) is 52.5 Å². The van der Waals surface area contributed by atoms with Crippen molar-refractivity contribution >= 4 is 35.2 Å². The molecular formula is C48H77N7O7. The number of hydrogen-bond acceptors (Lipinski definition) is 9. The molecule has 1 fully saturated rings. The van der Waals surface area contributed by atoms with Crippen LogP contribution in [0.25, 0.3) is 0 Å². The first-order chi connectivity index (χ1) is 29.3. The number of likely N-dealkylation sites (N-methyl/N-ethyl adjacent to an activating group) is 2. The van der Waals surface area contributed by atoms with Crippen LogP contribution in [-0.2, 0) is 46.4 Å². The van der Waals surface area contributed by atoms with Crippen molar-refractivity contribution in [2.45, 2.75) is 136 Å². The van der Waals surface area contributed by atoms with E-state index in [9.17, 15) is 24.0 Å². The fourth-order valence-electron chi connectivity index (χ4n) is 8.95. The second-order valence-corrected chi connectivity index (χ2v) is 18.1. The van der Waals surface area contributed by atoms with Gasteiger partial charge in [0.05, 0.1) is 42.7 Å². The lowest BCUT2D eigenvalue weighted by Gasteiger charge is -2.41. The Bertz CT molecular complexity index is 1720. The lowest BCUT2D eigenvalue weighted by atomic mass is 9.89. The topological polar surface area (TPSA) is 176 Å². The summed E-state index contributed by atoms with van der Waals surface area (Å²) in [7, 11) is 8.57. The standard InChI is InChI=1S/C48H77N7O7/c1-13-32(6)44(54(10)48(60)42(30(2)3)52-47(59)43(31(4)5)53(8)9)39(61-11)28-41(57)55-25-17-20-38(55)45(62-12)33(7)46(58)51-37(26-34-18-15-14-16-19-34)27-40(56)50-29-35-21-23-36(49)24-22-35/h14-16,18-19,21-24,30-33,37-39,42-45H,13,17,20,25-29,49H2,1-12H3,(H,50,56)(H,51,58)(H,52,59)/t32-,33+,37+,38-,39+,42-,43-,44-,45+/m0/s1. The summed E-state index contributed by atoms with van der Waals surface area (Å²) in [6, 6.07) is 14.5. The lowest BCUT2D eigenvalue weighted by molar-refractivity contribution is -0.148. The van der Waals surface area contributed by atoms with E-state index in [1.165, 1.54) is 0 Å². The first-order valence-corrected chi connectivity index (χ1v) is 22.4. The molecular weight excluding hydrogens is 787 g/mol. The Morgan fingerprint density at radius 3 is 2.02 bits per heavy atom. The van der Waals surface area contributed by atoms with E-state index in [0.717, 1.165) is 24.0 Å². The summed E-state index contributed by atoms with van der Waals surface area (Å²) in [5.41, 5.74) is 8.36. The molecule has 5 amide bonds. The maximum Gasteiger partial charge on any atom is 0.245 e. The third-order valence-electron chi connectivity index (χ3n) is 12.5. The van der Waals surface area contributed by atoms with Crippen LogP contribution in [0.1, 0.15) is 91.7 Å². The van der Waals surface area contributed by atoms with Crippen LogP contribution < -0.4 is 21.7 Å². The highest BCUT2D eigenvalue weighted by molar-refractivity contribution is 5.90. The van der Waals surface area contributed by atoms with Gasteiger partial charge in [-0.15, -0.1) is 0 Å². The minimum absolute atomic E-state index is 0.00994. The molecule has 1 aliphatic rings. The molecule has 2 aromatic rings. The number of nitrogen functional groups attached to an aromatic ring is 1. The molecule has 5 N–H and O–H groups in total. The number of amides is 5. The smallest absolute Gasteiger partial charge is 0.245 e. The molecule has 1 aliphatic heterocycles. The van der Waals surface area contributed by atoms with Crippen LogP contribution >= 0.6 is 0 Å². The number of carbonyl (C=O) groups is 5. The number of methoxy groups -OCH3 is 2. The van der Waals surface area contributed by atoms with Gasteiger partial charge in [0.2, 0.25) is 29.5 Å². The van der Waals surface area contributed by atoms with Crippen molar-refractivity contribution in [1.82, 2.24) is 30.7 Å². The second kappa shape index (κ2) is 24.9. The van der Waals surface area contributed by atoms with Gasteiger partial charge in [-0.05, 0) is 74.4 Å². The number of nitrogens with zero attached hydrogens (tertiary/aromatic N) is 3. The van der Waals surface area contributed by atoms with Gasteiger partial charge in [-0.25, -0.2) is 0 Å². The van der Waals surface area contributed by atoms with Gasteiger partial charge in [-0.1, -0.05) is 97.4 Å². The largest absolute Gasteiger partial charge is 0.399 e. The zero-order chi connectivity index (χ0) is 46.3. The van der Waals surface area contributed by atoms with E-state index in [2.05, 4.69) is 16.0 Å². The average Bonchev–Trinajstić information content (AvgIpc) is 3.71. The van der Waals surface area contributed by atoms with Crippen molar-refractivity contribution in [3.63, 3.8) is 0 Å². The monoisotopic (exact) mass is 864 g/mol. The Morgan fingerprint density at radius 1 is 0.823 bits per heavy atom. The molecule has 0 radical (unpaired) electrons. The average molecular weight is 864 g/mol. The number of hydrogen-bond donors (Lipinski definition) is 4. The highest BCUT2D eigenvalue weighted by atomic mass is 16.5. The highest BCUT2D eigenvalue weighted by Crippen LogP contribution is 2.30. The van der Waals surface area contributed by atoms with Gasteiger partial charge < -0.3 is 41.0 Å². The van der Waals surface area contributed by atoms with Crippen molar-refractivity contribution in [2.24, 2.45) is 23.7 Å². The molecule has 346 valence electrons. The summed E-state index contributed by atoms with van der Waals surface area (Å²) in [6.07, 6.45) is 1.37. The van der Waals surface area contributed by atoms with Gasteiger partial charge >= 0.3 is 0 Å². The zero-order valence-electron chi connectivity index (χ0n) is 39.5. The van der Waals surface area contributed by atoms with Crippen LogP contribution in [0.3, 0.4) is 0 Å². The van der Waals surface area contributed by atoms with E-state index in [1.807, 2.05) is 103 Å². The molecule has 0 aromatic heterocycles. The molecule has 62 heavy (non-hydrogen) atoms. The van der Waals surface area contributed by atoms with Crippen LogP contribution in [0.4, 0.5) is 5.69 Å². The summed E-state index contributed by atoms with van der Waals surface area (Å²) in [6.45, 7) is 14.5. The maximum atomic E-state index is 14.4. The Kier molecular flexibility index (Phi) is 20.8. The highest BCUT2D eigenvalue weighted by Gasteiger charge is 2.43. The first-order valence-electron chi connectivity index (χ1n) is 22.4. The third kappa shape index (κ3) is 14.5. The quantitative estimate of drug-likeness (QED) is 0.110. The maximum absolute atomic E-state index is 14.4. The van der Waals surface area contributed by atoms with Crippen LogP contribution in [0.15, 0.2) is 54.6 Å². The van der Waals surface area contributed by atoms with E-state index in [4.69, 9.17) is 15.2 Å². The predicted molar refractivity (Wildman–Crippen MR) is 245 cm³/mol. The van der Waals surface area contributed by atoms with E-state index < -0.39 is 42.3 Å². The summed E-state index contributed by atoms with van der Waals surface area (Å²) in [5.74, 6) is -1.91. The minimum Gasteiger partial charge on any atom is -0.399 e. The molecule has 14 nitrogen and oxygen atoms in total. The Balaban J connectivity index is 1.77. The Morgan fingerprint density at radius 2 is 1.47 bits per heavy atom. The molecule has 0 aliphatic carbocycles. The minimum atomic E-state index is -0.775. The zero-order valence-corrected chi connectivity index (χ0v) is 39.5. The molecule has 2 aromatic carbocycles. The Labute approximate surface area is 371 Å². The molecule has 9 atom stereocenters. The first kappa shape index (κ1) is 51.8. The molecule has 0 unspecified atom stereocenters. The SMILES string of the molecule is CC[C@H](C)[C@@H]([C@@H](CC(=O)N1CCC[C@H]1[C@H](OC)[C@@H](C)C(=O)N[C@@H](CC(=O)NCc1ccc(N)cc1)Cc1ccccc1)OC)N(C)C(=O)[C@@H](NC(=O)[C@H](C(C)C)N(C)C)C(C)C. The number of benzene rings is 2. The van der Waals surface area contributed by atoms with Gasteiger partial charge in [-0.2, -0.15) is 0 Å². The molecule has 0 spiro atoms. The second-order valence-electron chi connectivity index (χ2n) is 18.1. The van der Waals surface area contributed by atoms with Gasteiger partial charge in [0.1, 0.15) is 6.04 Å². The number of nitrogens with one attached hydrogen (secondary N) is 3. The number of nitrogens with two attached hydrogens (primary N) is 1. The predicted octanol–water partition coefficient (Wildman–Crippen LogP) is 4.65. The number of carbonyl (C=O) groups excluding carboxylic acids is 5. The molecule has 0 bridgehead atoms. The van der Waals surface area contributed by atoms with E-state index >= 15 is 0 Å². The van der Waals surface area contributed by atoms with E-state index in [1.54, 1.807) is 50.1 Å². The normalized spacial score (nSPS) is 18.0. The van der Waals surface area contributed by atoms with Crippen molar-refractivity contribution in [2.75, 3.05) is 47.6 Å². The Hall–Kier alpha value is -4.53. The molecule has 1 saturated heterocycles. The lowest BCUT2D eigenvalue weighted by Crippen LogP contribution is -2.59. The summed E-state index contributed by atoms with van der Waals surface area (Å²) >= 11 is 0. The number of anilines is 1. The summed E-state index contributed by atoms with van der Waals surface area (Å²) in [5, 5.41) is 9.15. The van der Waals surface area contributed by atoms with E-state index in [-0.39, 0.29) is 66.2 Å². The van der Waals surface area contributed by atoms with Crippen LogP contribution in [0.2, 0.25) is 0 Å². The molecule has 3 rings (SSSR count). The van der Waals surface area contributed by atoms with Crippen molar-refractivity contribution in [3.05, 3.63) is 65.7 Å². The number of rotatable bonds is 24. The number of ether oxygens (including phenoxy) is 2. The summed E-state index contributed by atoms with van der Waals surface area (Å²) < 4.78 is 12.1. The van der Waals surface area contributed by atoms with Crippen LogP contribution in [-0.4, -0.2) is 129 Å². The number of likely N-dealkylation sites (tertiary alicyclic amines) is 1. The van der Waals surface area contributed by atoms with Crippen molar-refractivity contribution in [3.8, 4) is 0 Å². The van der Waals surface area contributed by atoms with E-state index in [0.29, 0.717) is 31.6 Å². The van der Waals surface area contributed by atoms with Crippen LogP contribution in [0, 0.1) is 23.7 Å².